The number of nitrogens with zero attached hydrogens (tertiary/aromatic N) is 1. The number of hydrogen-bond acceptors (Lipinski definition) is 6. The molecule has 0 radical (unpaired) electrons. The Morgan fingerprint density at radius 3 is 2.25 bits per heavy atom. The minimum Gasteiger partial charge on any atom is -0.364 e. The first-order valence-corrected chi connectivity index (χ1v) is 11.4. The Kier molecular flexibility index (Phi) is 4.92. The van der Waals surface area contributed by atoms with Crippen molar-refractivity contribution in [1.29, 1.82) is 0 Å². The van der Waals surface area contributed by atoms with Crippen molar-refractivity contribution >= 4 is 48.9 Å². The van der Waals surface area contributed by atoms with Gasteiger partial charge in [-0.15, -0.1) is 0 Å². The second-order valence-corrected chi connectivity index (χ2v) is 9.78. The highest BCUT2D eigenvalue weighted by Crippen LogP contribution is 2.36. The van der Waals surface area contributed by atoms with Gasteiger partial charge in [-0.3, -0.25) is 9.69 Å². The van der Waals surface area contributed by atoms with E-state index in [0.29, 0.717) is 11.4 Å². The van der Waals surface area contributed by atoms with Crippen LogP contribution in [0.1, 0.15) is 22.8 Å². The molecule has 0 aromatic heterocycles. The maximum atomic E-state index is 13.2. The van der Waals surface area contributed by atoms with Gasteiger partial charge in [0.15, 0.2) is 0 Å². The Morgan fingerprint density at radius 2 is 1.68 bits per heavy atom. The lowest BCUT2D eigenvalue weighted by atomic mass is 10.1. The molecule has 28 heavy (non-hydrogen) atoms. The molecule has 1 amide bonds. The number of hydrogen-bond donors (Lipinski definition) is 3. The Hall–Kier alpha value is -2.18. The summed E-state index contributed by atoms with van der Waals surface area (Å²) in [6, 6.07) is 6.79. The predicted octanol–water partition coefficient (Wildman–Crippen LogP) is 1.36. The van der Waals surface area contributed by atoms with E-state index < -0.39 is 32.1 Å². The molecule has 9 nitrogen and oxygen atoms in total. The van der Waals surface area contributed by atoms with Crippen molar-refractivity contribution in [1.82, 2.24) is 0 Å². The zero-order valence-electron chi connectivity index (χ0n) is 14.8. The van der Waals surface area contributed by atoms with Gasteiger partial charge in [-0.05, 0) is 43.7 Å². The van der Waals surface area contributed by atoms with Crippen LogP contribution in [0.5, 0.6) is 0 Å². The average Bonchev–Trinajstić information content (AvgIpc) is 2.53. The van der Waals surface area contributed by atoms with Gasteiger partial charge >= 0.3 is 0 Å². The molecule has 1 unspecified atom stereocenters. The van der Waals surface area contributed by atoms with E-state index in [0.717, 1.165) is 6.07 Å². The number of amides is 1. The largest absolute Gasteiger partial charge is 0.364 e. The quantitative estimate of drug-likeness (QED) is 0.649. The van der Waals surface area contributed by atoms with E-state index in [9.17, 15) is 21.6 Å². The fourth-order valence-corrected chi connectivity index (χ4v) is 5.05. The van der Waals surface area contributed by atoms with Crippen LogP contribution in [0.4, 0.5) is 11.4 Å². The van der Waals surface area contributed by atoms with Crippen LogP contribution in [-0.2, 0) is 20.0 Å². The Morgan fingerprint density at radius 1 is 1.07 bits per heavy atom. The van der Waals surface area contributed by atoms with E-state index in [2.05, 4.69) is 5.32 Å². The summed E-state index contributed by atoms with van der Waals surface area (Å²) in [6.07, 6.45) is -0.578. The lowest BCUT2D eigenvalue weighted by molar-refractivity contribution is 0.0976. The number of nitrogens with one attached hydrogen (secondary N) is 1. The fourth-order valence-electron chi connectivity index (χ4n) is 3.15. The van der Waals surface area contributed by atoms with E-state index in [1.54, 1.807) is 13.0 Å². The molecule has 1 aliphatic heterocycles. The first-order chi connectivity index (χ1) is 12.8. The van der Waals surface area contributed by atoms with Gasteiger partial charge in [-0.1, -0.05) is 17.7 Å². The lowest BCUT2D eigenvalue weighted by Crippen LogP contribution is -2.48. The van der Waals surface area contributed by atoms with Crippen molar-refractivity contribution in [2.24, 2.45) is 10.3 Å². The van der Waals surface area contributed by atoms with Crippen molar-refractivity contribution in [3.63, 3.8) is 0 Å². The van der Waals surface area contributed by atoms with Gasteiger partial charge in [0.25, 0.3) is 5.91 Å². The maximum absolute atomic E-state index is 13.2. The first-order valence-electron chi connectivity index (χ1n) is 7.91. The maximum Gasteiger partial charge on any atom is 0.262 e. The summed E-state index contributed by atoms with van der Waals surface area (Å²) in [6.45, 7) is 3.22. The number of rotatable bonds is 3. The van der Waals surface area contributed by atoms with Crippen LogP contribution in [0.3, 0.4) is 0 Å². The first kappa shape index (κ1) is 20.6. The standard InChI is InChI=1S/C16H17ClN4O5S2/c1-8-13(4-3-5-14(8)27(18,23)24)21-9(2)20-12-7-11(17)15(28(19,25)26)6-10(12)16(21)22/h3-7,9,20H,1-2H3,(H2,18,23,24)(H2,19,25,26). The molecule has 1 aliphatic rings. The highest BCUT2D eigenvalue weighted by molar-refractivity contribution is 7.89. The molecule has 3 rings (SSSR count). The molecular formula is C16H17ClN4O5S2. The van der Waals surface area contributed by atoms with Crippen molar-refractivity contribution in [3.05, 3.63) is 46.5 Å². The summed E-state index contributed by atoms with van der Waals surface area (Å²) >= 11 is 5.99. The van der Waals surface area contributed by atoms with Crippen LogP contribution >= 0.6 is 11.6 Å². The van der Waals surface area contributed by atoms with Crippen molar-refractivity contribution in [2.45, 2.75) is 29.8 Å². The number of halogens is 1. The molecule has 12 heteroatoms. The number of primary sulfonamides is 2. The third-order valence-electron chi connectivity index (χ3n) is 4.40. The molecule has 0 spiro atoms. The second-order valence-electron chi connectivity index (χ2n) is 6.31. The average molecular weight is 445 g/mol. The third kappa shape index (κ3) is 3.47. The predicted molar refractivity (Wildman–Crippen MR) is 105 cm³/mol. The molecule has 1 heterocycles. The van der Waals surface area contributed by atoms with Gasteiger partial charge in [0, 0.05) is 0 Å². The van der Waals surface area contributed by atoms with Crippen molar-refractivity contribution < 1.29 is 21.6 Å². The van der Waals surface area contributed by atoms with Gasteiger partial charge in [0.2, 0.25) is 20.0 Å². The number of carbonyl (C=O) groups excluding carboxylic acids is 1. The normalized spacial score (nSPS) is 17.2. The van der Waals surface area contributed by atoms with Crippen LogP contribution in [0.15, 0.2) is 40.1 Å². The summed E-state index contributed by atoms with van der Waals surface area (Å²) in [5.41, 5.74) is 0.976. The monoisotopic (exact) mass is 444 g/mol. The molecule has 1 atom stereocenters. The van der Waals surface area contributed by atoms with Gasteiger partial charge in [0.1, 0.15) is 11.1 Å². The van der Waals surface area contributed by atoms with Crippen molar-refractivity contribution in [2.75, 3.05) is 10.2 Å². The molecule has 0 fully saturated rings. The van der Waals surface area contributed by atoms with Gasteiger partial charge in [0.05, 0.1) is 26.9 Å². The van der Waals surface area contributed by atoms with Gasteiger partial charge in [-0.2, -0.15) is 0 Å². The second kappa shape index (κ2) is 6.71. The van der Waals surface area contributed by atoms with Gasteiger partial charge in [-0.25, -0.2) is 27.1 Å². The lowest BCUT2D eigenvalue weighted by Gasteiger charge is -2.37. The molecule has 0 aliphatic carbocycles. The van der Waals surface area contributed by atoms with E-state index in [1.165, 1.54) is 30.0 Å². The van der Waals surface area contributed by atoms with E-state index in [-0.39, 0.29) is 25.9 Å². The Labute approximate surface area is 167 Å². The number of anilines is 2. The van der Waals surface area contributed by atoms with Crippen LogP contribution < -0.4 is 20.5 Å². The molecule has 2 aromatic rings. The summed E-state index contributed by atoms with van der Waals surface area (Å²) in [5.74, 6) is -0.544. The minimum atomic E-state index is -4.15. The molecule has 2 aromatic carbocycles. The van der Waals surface area contributed by atoms with Crippen LogP contribution in [0, 0.1) is 6.92 Å². The molecule has 5 N–H and O–H groups in total. The summed E-state index contributed by atoms with van der Waals surface area (Å²) < 4.78 is 47.1. The topological polar surface area (TPSA) is 153 Å². The van der Waals surface area contributed by atoms with Crippen molar-refractivity contribution in [3.8, 4) is 0 Å². The van der Waals surface area contributed by atoms with Crippen LogP contribution in [-0.4, -0.2) is 28.9 Å². The number of benzene rings is 2. The summed E-state index contributed by atoms with van der Waals surface area (Å²) in [5, 5.41) is 13.3. The molecule has 150 valence electrons. The number of sulfonamides is 2. The highest BCUT2D eigenvalue weighted by Gasteiger charge is 2.34. The van der Waals surface area contributed by atoms with Crippen LogP contribution in [0.25, 0.3) is 0 Å². The molecule has 0 saturated heterocycles. The zero-order chi connectivity index (χ0) is 21.0. The Bertz CT molecular complexity index is 1210. The van der Waals surface area contributed by atoms with Gasteiger partial charge < -0.3 is 5.32 Å². The number of nitrogens with two attached hydrogens (primary N) is 2. The van der Waals surface area contributed by atoms with Crippen LogP contribution in [0.2, 0.25) is 5.02 Å². The minimum absolute atomic E-state index is 0.0342. The summed E-state index contributed by atoms with van der Waals surface area (Å²) in [7, 11) is -8.14. The number of carbonyl (C=O) groups is 1. The van der Waals surface area contributed by atoms with E-state index in [4.69, 9.17) is 21.9 Å². The SMILES string of the molecule is Cc1c(N2C(=O)c3cc(S(N)(=O)=O)c(Cl)cc3NC2C)cccc1S(N)(=O)=O. The highest BCUT2D eigenvalue weighted by atomic mass is 35.5. The number of fused-ring (bicyclic) bond motifs is 1. The zero-order valence-corrected chi connectivity index (χ0v) is 17.2. The fraction of sp³-hybridized carbons (Fsp3) is 0.188. The molecular weight excluding hydrogens is 428 g/mol. The van der Waals surface area contributed by atoms with E-state index >= 15 is 0 Å². The van der Waals surface area contributed by atoms with E-state index in [1.807, 2.05) is 0 Å². The summed E-state index contributed by atoms with van der Waals surface area (Å²) in [4.78, 5) is 14.0. The molecule has 0 bridgehead atoms. The smallest absolute Gasteiger partial charge is 0.262 e. The third-order valence-corrected chi connectivity index (χ3v) is 6.83. The Balaban J connectivity index is 2.20. The molecule has 0 saturated carbocycles.